The summed E-state index contributed by atoms with van der Waals surface area (Å²) in [4.78, 5) is 0. The first-order valence-electron chi connectivity index (χ1n) is 3.53. The third-order valence-electron chi connectivity index (χ3n) is 1.44. The number of nitrogens with one attached hydrogen (secondary N) is 1. The molecule has 0 aromatic carbocycles. The van der Waals surface area contributed by atoms with E-state index in [1.54, 1.807) is 0 Å². The molecule has 1 aliphatic rings. The molecule has 0 spiro atoms. The molecule has 0 saturated carbocycles. The van der Waals surface area contributed by atoms with Crippen LogP contribution in [0.15, 0.2) is 0 Å². The summed E-state index contributed by atoms with van der Waals surface area (Å²) in [5, 5.41) is 3.26. The summed E-state index contributed by atoms with van der Waals surface area (Å²) < 4.78 is 0. The van der Waals surface area contributed by atoms with Crippen molar-refractivity contribution in [3.63, 3.8) is 0 Å². The zero-order chi connectivity index (χ0) is 7.33. The van der Waals surface area contributed by atoms with E-state index in [-0.39, 0.29) is 0 Å². The molecular formula is C7H17NS. The molecule has 0 aromatic rings. The minimum atomic E-state index is 0.477. The molecule has 0 radical (unpaired) electrons. The van der Waals surface area contributed by atoms with Crippen LogP contribution in [0.25, 0.3) is 0 Å². The van der Waals surface area contributed by atoms with Gasteiger partial charge in [0.05, 0.1) is 0 Å². The van der Waals surface area contributed by atoms with Crippen molar-refractivity contribution in [2.45, 2.75) is 26.3 Å². The highest BCUT2D eigenvalue weighted by Crippen LogP contribution is 2.27. The van der Waals surface area contributed by atoms with Gasteiger partial charge in [-0.05, 0) is 14.0 Å². The van der Waals surface area contributed by atoms with Crippen LogP contribution in [0.5, 0.6) is 0 Å². The topological polar surface area (TPSA) is 12.0 Å². The lowest BCUT2D eigenvalue weighted by Crippen LogP contribution is -2.51. The fraction of sp³-hybridized carbons (Fsp3) is 1.00. The molecule has 9 heavy (non-hydrogen) atoms. The lowest BCUT2D eigenvalue weighted by molar-refractivity contribution is 0.463. The first kappa shape index (κ1) is 9.31. The van der Waals surface area contributed by atoms with Crippen molar-refractivity contribution in [2.75, 3.05) is 18.6 Å². The van der Waals surface area contributed by atoms with Crippen molar-refractivity contribution >= 4 is 11.8 Å². The molecule has 0 bridgehead atoms. The molecule has 1 fully saturated rings. The number of rotatable bonds is 1. The standard InChI is InChI=1S/C5H11NS.C2H6/c1-5(6-2)3-7-4-5;1-2/h6H,3-4H2,1-2H3;1-2H3. The van der Waals surface area contributed by atoms with Gasteiger partial charge < -0.3 is 5.32 Å². The van der Waals surface area contributed by atoms with Crippen molar-refractivity contribution in [3.05, 3.63) is 0 Å². The first-order chi connectivity index (χ1) is 4.27. The fourth-order valence-electron chi connectivity index (χ4n) is 0.553. The van der Waals surface area contributed by atoms with Crippen molar-refractivity contribution < 1.29 is 0 Å². The summed E-state index contributed by atoms with van der Waals surface area (Å²) in [5.74, 6) is 2.56. The zero-order valence-electron chi connectivity index (χ0n) is 6.82. The highest BCUT2D eigenvalue weighted by atomic mass is 32.2. The Morgan fingerprint density at radius 1 is 1.33 bits per heavy atom. The molecule has 2 heteroatoms. The van der Waals surface area contributed by atoms with Crippen LogP contribution in [0.3, 0.4) is 0 Å². The van der Waals surface area contributed by atoms with Crippen LogP contribution in [-0.4, -0.2) is 24.1 Å². The van der Waals surface area contributed by atoms with Crippen LogP contribution in [-0.2, 0) is 0 Å². The number of thioether (sulfide) groups is 1. The van der Waals surface area contributed by atoms with Gasteiger partial charge in [-0.2, -0.15) is 11.8 Å². The van der Waals surface area contributed by atoms with Gasteiger partial charge in [0.15, 0.2) is 0 Å². The first-order valence-corrected chi connectivity index (χ1v) is 4.69. The van der Waals surface area contributed by atoms with E-state index in [1.807, 2.05) is 32.7 Å². The van der Waals surface area contributed by atoms with Crippen molar-refractivity contribution in [2.24, 2.45) is 0 Å². The molecular weight excluding hydrogens is 130 g/mol. The predicted molar refractivity (Wildman–Crippen MR) is 46.1 cm³/mol. The van der Waals surface area contributed by atoms with Crippen LogP contribution in [0.4, 0.5) is 0 Å². The van der Waals surface area contributed by atoms with Gasteiger partial charge in [0.25, 0.3) is 0 Å². The molecule has 1 N–H and O–H groups in total. The van der Waals surface area contributed by atoms with Crippen LogP contribution < -0.4 is 5.32 Å². The molecule has 0 aromatic heterocycles. The van der Waals surface area contributed by atoms with E-state index in [0.29, 0.717) is 5.54 Å². The highest BCUT2D eigenvalue weighted by Gasteiger charge is 2.29. The summed E-state index contributed by atoms with van der Waals surface area (Å²) in [6.45, 7) is 6.25. The number of hydrogen-bond acceptors (Lipinski definition) is 2. The molecule has 1 heterocycles. The van der Waals surface area contributed by atoms with Crippen LogP contribution >= 0.6 is 11.8 Å². The van der Waals surface area contributed by atoms with Crippen LogP contribution in [0.2, 0.25) is 0 Å². The molecule has 0 aliphatic carbocycles. The summed E-state index contributed by atoms with van der Waals surface area (Å²) in [6.07, 6.45) is 0. The van der Waals surface area contributed by atoms with E-state index in [9.17, 15) is 0 Å². The second-order valence-corrected chi connectivity index (χ2v) is 3.29. The van der Waals surface area contributed by atoms with Crippen molar-refractivity contribution in [3.8, 4) is 0 Å². The van der Waals surface area contributed by atoms with E-state index in [4.69, 9.17) is 0 Å². The average molecular weight is 147 g/mol. The molecule has 1 rings (SSSR count). The van der Waals surface area contributed by atoms with Crippen molar-refractivity contribution in [1.29, 1.82) is 0 Å². The minimum Gasteiger partial charge on any atom is -0.313 e. The van der Waals surface area contributed by atoms with Gasteiger partial charge in [-0.15, -0.1) is 0 Å². The Morgan fingerprint density at radius 2 is 1.78 bits per heavy atom. The van der Waals surface area contributed by atoms with E-state index in [2.05, 4.69) is 12.2 Å². The Labute approximate surface area is 62.6 Å². The van der Waals surface area contributed by atoms with E-state index >= 15 is 0 Å². The Hall–Kier alpha value is 0.310. The highest BCUT2D eigenvalue weighted by molar-refractivity contribution is 8.00. The summed E-state index contributed by atoms with van der Waals surface area (Å²) >= 11 is 2.01. The van der Waals surface area contributed by atoms with Gasteiger partial charge >= 0.3 is 0 Å². The second-order valence-electron chi connectivity index (χ2n) is 2.30. The summed E-state index contributed by atoms with van der Waals surface area (Å²) in [7, 11) is 2.03. The monoisotopic (exact) mass is 147 g/mol. The molecule has 1 saturated heterocycles. The van der Waals surface area contributed by atoms with Crippen LogP contribution in [0.1, 0.15) is 20.8 Å². The van der Waals surface area contributed by atoms with Gasteiger partial charge in [-0.1, -0.05) is 13.8 Å². The third-order valence-corrected chi connectivity index (χ3v) is 3.13. The van der Waals surface area contributed by atoms with Crippen LogP contribution in [0, 0.1) is 0 Å². The van der Waals surface area contributed by atoms with Crippen molar-refractivity contribution in [1.82, 2.24) is 5.32 Å². The Kier molecular flexibility index (Phi) is 4.32. The smallest absolute Gasteiger partial charge is 0.0331 e. The van der Waals surface area contributed by atoms with Gasteiger partial charge in [-0.25, -0.2) is 0 Å². The largest absolute Gasteiger partial charge is 0.313 e. The van der Waals surface area contributed by atoms with E-state index in [1.165, 1.54) is 11.5 Å². The second kappa shape index (κ2) is 4.18. The Morgan fingerprint density at radius 3 is 1.78 bits per heavy atom. The molecule has 56 valence electrons. The SMILES string of the molecule is CC.CNC1(C)CSC1. The quantitative estimate of drug-likeness (QED) is 0.606. The summed E-state index contributed by atoms with van der Waals surface area (Å²) in [6, 6.07) is 0. The predicted octanol–water partition coefficient (Wildman–Crippen LogP) is 1.74. The lowest BCUT2D eigenvalue weighted by Gasteiger charge is -2.37. The maximum Gasteiger partial charge on any atom is 0.0331 e. The molecule has 1 aliphatic heterocycles. The number of hydrogen-bond donors (Lipinski definition) is 1. The summed E-state index contributed by atoms with van der Waals surface area (Å²) in [5.41, 5.74) is 0.477. The maximum atomic E-state index is 3.26. The average Bonchev–Trinajstić information content (AvgIpc) is 1.88. The normalized spacial score (nSPS) is 21.3. The third kappa shape index (κ3) is 2.59. The lowest BCUT2D eigenvalue weighted by atomic mass is 10.1. The van der Waals surface area contributed by atoms with Gasteiger partial charge in [0, 0.05) is 17.0 Å². The van der Waals surface area contributed by atoms with Gasteiger partial charge in [0.1, 0.15) is 0 Å². The Bertz CT molecular complexity index is 63.8. The molecule has 0 atom stereocenters. The zero-order valence-corrected chi connectivity index (χ0v) is 7.64. The maximum absolute atomic E-state index is 3.26. The Balaban J connectivity index is 0.000000291. The fourth-order valence-corrected chi connectivity index (χ4v) is 1.66. The van der Waals surface area contributed by atoms with Gasteiger partial charge in [-0.3, -0.25) is 0 Å². The van der Waals surface area contributed by atoms with Gasteiger partial charge in [0.2, 0.25) is 0 Å². The van der Waals surface area contributed by atoms with E-state index in [0.717, 1.165) is 0 Å². The molecule has 0 amide bonds. The molecule has 1 nitrogen and oxygen atoms in total. The molecule has 0 unspecified atom stereocenters. The van der Waals surface area contributed by atoms with E-state index < -0.39 is 0 Å². The minimum absolute atomic E-state index is 0.477.